The number of aromatic nitrogens is 2. The van der Waals surface area contributed by atoms with Crippen molar-refractivity contribution in [2.24, 2.45) is 0 Å². The second-order valence-corrected chi connectivity index (χ2v) is 4.86. The van der Waals surface area contributed by atoms with Gasteiger partial charge in [-0.2, -0.15) is 0 Å². The molecule has 0 saturated carbocycles. The third kappa shape index (κ3) is 1.99. The SMILES string of the molecule is O=C1NC(=O)c2cc(Nc3nc[nH]c(=O)c3Br)ccc21. The Labute approximate surface area is 120 Å². The number of hydrogen-bond acceptors (Lipinski definition) is 5. The number of nitrogens with zero attached hydrogens (tertiary/aromatic N) is 1. The quantitative estimate of drug-likeness (QED) is 0.715. The number of amides is 2. The lowest BCUT2D eigenvalue weighted by Gasteiger charge is -2.07. The molecule has 0 atom stereocenters. The summed E-state index contributed by atoms with van der Waals surface area (Å²) in [5, 5.41) is 5.12. The molecule has 1 aliphatic heterocycles. The largest absolute Gasteiger partial charge is 0.339 e. The first kappa shape index (κ1) is 12.5. The molecule has 0 bridgehead atoms. The van der Waals surface area contributed by atoms with E-state index < -0.39 is 11.8 Å². The molecular formula is C12H7BrN4O3. The van der Waals surface area contributed by atoms with Gasteiger partial charge >= 0.3 is 0 Å². The van der Waals surface area contributed by atoms with Crippen molar-refractivity contribution in [2.45, 2.75) is 0 Å². The van der Waals surface area contributed by atoms with Crippen molar-refractivity contribution in [1.82, 2.24) is 15.3 Å². The monoisotopic (exact) mass is 334 g/mol. The van der Waals surface area contributed by atoms with Gasteiger partial charge in [-0.3, -0.25) is 19.7 Å². The second-order valence-electron chi connectivity index (χ2n) is 4.06. The maximum absolute atomic E-state index is 11.6. The number of halogens is 1. The van der Waals surface area contributed by atoms with Gasteiger partial charge < -0.3 is 10.3 Å². The van der Waals surface area contributed by atoms with Gasteiger partial charge in [0.05, 0.1) is 17.5 Å². The molecule has 8 heteroatoms. The molecule has 0 radical (unpaired) electrons. The van der Waals surface area contributed by atoms with Crippen LogP contribution in [0.4, 0.5) is 11.5 Å². The van der Waals surface area contributed by atoms with Gasteiger partial charge in [0.15, 0.2) is 5.82 Å². The lowest BCUT2D eigenvalue weighted by Crippen LogP contribution is -2.19. The highest BCUT2D eigenvalue weighted by molar-refractivity contribution is 9.10. The van der Waals surface area contributed by atoms with Gasteiger partial charge in [0.2, 0.25) is 0 Å². The predicted octanol–water partition coefficient (Wildman–Crippen LogP) is 1.16. The van der Waals surface area contributed by atoms with Crippen LogP contribution in [0.3, 0.4) is 0 Å². The standard InChI is InChI=1S/C12H7BrN4O3/c13-8-9(14-4-15-12(8)20)16-5-1-2-6-7(3-5)11(19)17-10(6)18/h1-4H,(H,17,18,19)(H2,14,15,16,20). The molecule has 20 heavy (non-hydrogen) atoms. The molecule has 2 heterocycles. The van der Waals surface area contributed by atoms with E-state index in [1.807, 2.05) is 0 Å². The summed E-state index contributed by atoms with van der Waals surface area (Å²) < 4.78 is 0.251. The zero-order valence-electron chi connectivity index (χ0n) is 9.86. The van der Waals surface area contributed by atoms with Crippen molar-refractivity contribution in [3.8, 4) is 0 Å². The Kier molecular flexibility index (Phi) is 2.87. The molecule has 1 aromatic carbocycles. The number of fused-ring (bicyclic) bond motifs is 1. The van der Waals surface area contributed by atoms with Crippen LogP contribution in [-0.2, 0) is 0 Å². The lowest BCUT2D eigenvalue weighted by atomic mass is 10.1. The van der Waals surface area contributed by atoms with Gasteiger partial charge in [-0.25, -0.2) is 4.98 Å². The average molecular weight is 335 g/mol. The summed E-state index contributed by atoms with van der Waals surface area (Å²) in [5.41, 5.74) is 0.850. The highest BCUT2D eigenvalue weighted by Crippen LogP contribution is 2.24. The van der Waals surface area contributed by atoms with E-state index in [9.17, 15) is 14.4 Å². The van der Waals surface area contributed by atoms with Crippen LogP contribution in [0.25, 0.3) is 0 Å². The molecule has 0 unspecified atom stereocenters. The molecule has 0 saturated heterocycles. The molecule has 0 aliphatic carbocycles. The first-order chi connectivity index (χ1) is 9.56. The van der Waals surface area contributed by atoms with E-state index in [2.05, 4.69) is 36.5 Å². The zero-order chi connectivity index (χ0) is 14.3. The highest BCUT2D eigenvalue weighted by Gasteiger charge is 2.26. The molecule has 3 N–H and O–H groups in total. The molecule has 2 aromatic rings. The fourth-order valence-corrected chi connectivity index (χ4v) is 2.17. The molecule has 1 aromatic heterocycles. The van der Waals surface area contributed by atoms with Gasteiger partial charge in [-0.05, 0) is 34.1 Å². The summed E-state index contributed by atoms with van der Waals surface area (Å²) in [6.45, 7) is 0. The zero-order valence-corrected chi connectivity index (χ0v) is 11.4. The van der Waals surface area contributed by atoms with E-state index >= 15 is 0 Å². The van der Waals surface area contributed by atoms with Gasteiger partial charge in [0, 0.05) is 5.69 Å². The summed E-state index contributed by atoms with van der Waals surface area (Å²) in [6.07, 6.45) is 1.26. The summed E-state index contributed by atoms with van der Waals surface area (Å²) in [4.78, 5) is 40.8. The Morgan fingerprint density at radius 1 is 1.10 bits per heavy atom. The first-order valence-corrected chi connectivity index (χ1v) is 6.35. The number of nitrogens with one attached hydrogen (secondary N) is 3. The van der Waals surface area contributed by atoms with Crippen molar-refractivity contribution in [1.29, 1.82) is 0 Å². The van der Waals surface area contributed by atoms with E-state index in [4.69, 9.17) is 0 Å². The number of anilines is 2. The molecule has 0 fully saturated rings. The number of rotatable bonds is 2. The van der Waals surface area contributed by atoms with E-state index in [-0.39, 0.29) is 10.0 Å². The highest BCUT2D eigenvalue weighted by atomic mass is 79.9. The van der Waals surface area contributed by atoms with Gasteiger partial charge in [0.1, 0.15) is 4.47 Å². The van der Waals surface area contributed by atoms with Crippen molar-refractivity contribution in [3.63, 3.8) is 0 Å². The third-order valence-corrected chi connectivity index (χ3v) is 3.53. The smallest absolute Gasteiger partial charge is 0.267 e. The Balaban J connectivity index is 1.99. The van der Waals surface area contributed by atoms with Crippen LogP contribution >= 0.6 is 15.9 Å². The van der Waals surface area contributed by atoms with Crippen molar-refractivity contribution in [3.05, 3.63) is 50.5 Å². The van der Waals surface area contributed by atoms with Gasteiger partial charge in [0.25, 0.3) is 17.4 Å². The lowest BCUT2D eigenvalue weighted by molar-refractivity contribution is 0.0879. The van der Waals surface area contributed by atoms with Crippen molar-refractivity contribution in [2.75, 3.05) is 5.32 Å². The topological polar surface area (TPSA) is 104 Å². The molecular weight excluding hydrogens is 328 g/mol. The Hall–Kier alpha value is -2.48. The van der Waals surface area contributed by atoms with Crippen LogP contribution in [0.15, 0.2) is 33.8 Å². The summed E-state index contributed by atoms with van der Waals surface area (Å²) in [7, 11) is 0. The number of benzene rings is 1. The minimum Gasteiger partial charge on any atom is -0.339 e. The number of carbonyl (C=O) groups is 2. The Bertz CT molecular complexity index is 800. The fourth-order valence-electron chi connectivity index (χ4n) is 1.85. The summed E-state index contributed by atoms with van der Waals surface area (Å²) >= 11 is 3.12. The molecule has 3 rings (SSSR count). The second kappa shape index (κ2) is 4.57. The van der Waals surface area contributed by atoms with Crippen molar-refractivity contribution >= 4 is 39.2 Å². The van der Waals surface area contributed by atoms with Crippen LogP contribution in [-0.4, -0.2) is 21.8 Å². The van der Waals surface area contributed by atoms with Crippen LogP contribution in [0.2, 0.25) is 0 Å². The Morgan fingerprint density at radius 3 is 2.65 bits per heavy atom. The van der Waals surface area contributed by atoms with E-state index in [1.165, 1.54) is 12.4 Å². The van der Waals surface area contributed by atoms with E-state index in [0.29, 0.717) is 22.6 Å². The number of aromatic amines is 1. The van der Waals surface area contributed by atoms with Gasteiger partial charge in [-0.15, -0.1) is 0 Å². The predicted molar refractivity (Wildman–Crippen MR) is 74.1 cm³/mol. The van der Waals surface area contributed by atoms with Gasteiger partial charge in [-0.1, -0.05) is 0 Å². The molecule has 0 spiro atoms. The summed E-state index contributed by atoms with van der Waals surface area (Å²) in [6, 6.07) is 4.70. The molecule has 1 aliphatic rings. The van der Waals surface area contributed by atoms with Crippen LogP contribution in [0, 0.1) is 0 Å². The molecule has 100 valence electrons. The Morgan fingerprint density at radius 2 is 1.85 bits per heavy atom. The minimum atomic E-state index is -0.438. The molecule has 7 nitrogen and oxygen atoms in total. The number of hydrogen-bond donors (Lipinski definition) is 3. The maximum Gasteiger partial charge on any atom is 0.267 e. The van der Waals surface area contributed by atoms with Crippen LogP contribution in [0.5, 0.6) is 0 Å². The number of H-pyrrole nitrogens is 1. The summed E-state index contributed by atoms with van der Waals surface area (Å²) in [5.74, 6) is -0.531. The van der Waals surface area contributed by atoms with E-state index in [1.54, 1.807) is 12.1 Å². The van der Waals surface area contributed by atoms with Crippen LogP contribution in [0.1, 0.15) is 20.7 Å². The fraction of sp³-hybridized carbons (Fsp3) is 0. The molecule has 2 amide bonds. The average Bonchev–Trinajstić information content (AvgIpc) is 2.70. The normalized spacial score (nSPS) is 13.1. The third-order valence-electron chi connectivity index (χ3n) is 2.80. The van der Waals surface area contributed by atoms with Crippen molar-refractivity contribution < 1.29 is 9.59 Å². The minimum absolute atomic E-state index is 0.251. The van der Waals surface area contributed by atoms with E-state index in [0.717, 1.165) is 0 Å². The maximum atomic E-state index is 11.6. The number of imide groups is 1. The first-order valence-electron chi connectivity index (χ1n) is 5.56. The van der Waals surface area contributed by atoms with Crippen LogP contribution < -0.4 is 16.2 Å². The number of carbonyl (C=O) groups excluding carboxylic acids is 2.